The predicted octanol–water partition coefficient (Wildman–Crippen LogP) is 4.11. The maximum Gasteiger partial charge on any atom is 0.169 e. The Morgan fingerprint density at radius 1 is 0.857 bits per heavy atom. The third-order valence-electron chi connectivity index (χ3n) is 7.73. The number of benzene rings is 2. The number of hydrogen-bond acceptors (Lipinski definition) is 6. The van der Waals surface area contributed by atoms with Gasteiger partial charge in [0.2, 0.25) is 0 Å². The van der Waals surface area contributed by atoms with E-state index in [1.54, 1.807) is 0 Å². The molecule has 2 aromatic carbocycles. The van der Waals surface area contributed by atoms with Crippen LogP contribution in [-0.4, -0.2) is 67.2 Å². The molecule has 180 valence electrons. The molecule has 4 aromatic rings. The highest BCUT2D eigenvalue weighted by Gasteiger charge is 2.31. The fraction of sp³-hybridized carbons (Fsp3) is 0.429. The van der Waals surface area contributed by atoms with Crippen LogP contribution in [0, 0.1) is 0 Å². The SMILES string of the molecule is c1ccc(Cn2nnnc2C(Cc2ccc3ncccc3c2)N2CCCN(C3CCC3)CC2)cc1. The van der Waals surface area contributed by atoms with Crippen LogP contribution in [0.4, 0.5) is 0 Å². The lowest BCUT2D eigenvalue weighted by molar-refractivity contribution is 0.124. The largest absolute Gasteiger partial charge is 0.299 e. The monoisotopic (exact) mass is 467 g/mol. The van der Waals surface area contributed by atoms with Crippen molar-refractivity contribution in [1.82, 2.24) is 35.0 Å². The lowest BCUT2D eigenvalue weighted by atomic mass is 9.91. The van der Waals surface area contributed by atoms with Gasteiger partial charge in [0, 0.05) is 37.3 Å². The Balaban J connectivity index is 1.30. The second-order valence-electron chi connectivity index (χ2n) is 9.94. The van der Waals surface area contributed by atoms with Crippen molar-refractivity contribution in [3.05, 3.63) is 83.8 Å². The first kappa shape index (κ1) is 22.3. The molecule has 0 bridgehead atoms. The summed E-state index contributed by atoms with van der Waals surface area (Å²) in [6.45, 7) is 5.13. The van der Waals surface area contributed by atoms with Gasteiger partial charge in [-0.25, -0.2) is 4.68 Å². The summed E-state index contributed by atoms with van der Waals surface area (Å²) >= 11 is 0. The van der Waals surface area contributed by atoms with Crippen LogP contribution in [0.25, 0.3) is 10.9 Å². The van der Waals surface area contributed by atoms with Crippen LogP contribution < -0.4 is 0 Å². The van der Waals surface area contributed by atoms with Crippen molar-refractivity contribution >= 4 is 10.9 Å². The first-order chi connectivity index (χ1) is 17.3. The fourth-order valence-corrected chi connectivity index (χ4v) is 5.56. The highest BCUT2D eigenvalue weighted by molar-refractivity contribution is 5.78. The highest BCUT2D eigenvalue weighted by Crippen LogP contribution is 2.29. The Bertz CT molecular complexity index is 1250. The van der Waals surface area contributed by atoms with Crippen LogP contribution >= 0.6 is 0 Å². The van der Waals surface area contributed by atoms with Gasteiger partial charge in [-0.05, 0) is 72.0 Å². The minimum absolute atomic E-state index is 0.129. The van der Waals surface area contributed by atoms with E-state index in [1.807, 2.05) is 23.0 Å². The van der Waals surface area contributed by atoms with Gasteiger partial charge in [0.25, 0.3) is 0 Å². The molecule has 0 amide bonds. The predicted molar refractivity (Wildman–Crippen MR) is 137 cm³/mol. The molecule has 2 aromatic heterocycles. The van der Waals surface area contributed by atoms with Gasteiger partial charge < -0.3 is 0 Å². The zero-order valence-corrected chi connectivity index (χ0v) is 20.2. The minimum Gasteiger partial charge on any atom is -0.299 e. The van der Waals surface area contributed by atoms with Gasteiger partial charge in [-0.1, -0.05) is 48.9 Å². The van der Waals surface area contributed by atoms with Crippen molar-refractivity contribution in [2.75, 3.05) is 26.2 Å². The molecule has 0 radical (unpaired) electrons. The van der Waals surface area contributed by atoms with E-state index < -0.39 is 0 Å². The quantitative estimate of drug-likeness (QED) is 0.408. The van der Waals surface area contributed by atoms with Crippen LogP contribution in [0.3, 0.4) is 0 Å². The molecule has 2 aliphatic rings. The molecule has 0 spiro atoms. The Morgan fingerprint density at radius 3 is 2.63 bits per heavy atom. The third kappa shape index (κ3) is 4.97. The van der Waals surface area contributed by atoms with Crippen molar-refractivity contribution in [3.63, 3.8) is 0 Å². The number of rotatable bonds is 7. The van der Waals surface area contributed by atoms with Crippen LogP contribution in [0.1, 0.15) is 48.7 Å². The number of fused-ring (bicyclic) bond motifs is 1. The first-order valence-corrected chi connectivity index (χ1v) is 13.0. The van der Waals surface area contributed by atoms with Gasteiger partial charge in [-0.3, -0.25) is 14.8 Å². The van der Waals surface area contributed by atoms with E-state index in [-0.39, 0.29) is 6.04 Å². The van der Waals surface area contributed by atoms with E-state index in [2.05, 4.69) is 78.8 Å². The van der Waals surface area contributed by atoms with E-state index in [1.165, 1.54) is 48.7 Å². The molecule has 6 rings (SSSR count). The standard InChI is InChI=1S/C28H33N7/c1-2-7-22(8-3-1)21-35-28(30-31-32-35)27(20-23-12-13-26-24(19-23)9-5-14-29-26)34-16-6-15-33(17-18-34)25-10-4-11-25/h1-3,5,7-9,12-14,19,25,27H,4,6,10-11,15-18,20-21H2. The molecule has 2 fully saturated rings. The molecule has 1 saturated heterocycles. The Morgan fingerprint density at radius 2 is 1.77 bits per heavy atom. The fourth-order valence-electron chi connectivity index (χ4n) is 5.56. The summed E-state index contributed by atoms with van der Waals surface area (Å²) < 4.78 is 2.00. The molecule has 1 atom stereocenters. The maximum absolute atomic E-state index is 4.59. The molecule has 1 saturated carbocycles. The van der Waals surface area contributed by atoms with Crippen molar-refractivity contribution < 1.29 is 0 Å². The number of aromatic nitrogens is 5. The van der Waals surface area contributed by atoms with Gasteiger partial charge in [-0.2, -0.15) is 0 Å². The van der Waals surface area contributed by atoms with E-state index in [0.29, 0.717) is 6.54 Å². The summed E-state index contributed by atoms with van der Waals surface area (Å²) in [6, 6.07) is 22.2. The minimum atomic E-state index is 0.129. The summed E-state index contributed by atoms with van der Waals surface area (Å²) in [4.78, 5) is 9.84. The molecule has 1 aliphatic carbocycles. The molecule has 7 nitrogen and oxygen atoms in total. The smallest absolute Gasteiger partial charge is 0.169 e. The Hall–Kier alpha value is -3.16. The normalized spacial score (nSPS) is 18.9. The summed E-state index contributed by atoms with van der Waals surface area (Å²) in [5.41, 5.74) is 3.54. The van der Waals surface area contributed by atoms with Crippen molar-refractivity contribution in [1.29, 1.82) is 0 Å². The lowest BCUT2D eigenvalue weighted by Gasteiger charge is -2.37. The zero-order valence-electron chi connectivity index (χ0n) is 20.2. The van der Waals surface area contributed by atoms with Gasteiger partial charge in [0.05, 0.1) is 18.1 Å². The molecule has 7 heteroatoms. The molecule has 35 heavy (non-hydrogen) atoms. The zero-order chi connectivity index (χ0) is 23.5. The summed E-state index contributed by atoms with van der Waals surface area (Å²) in [7, 11) is 0. The van der Waals surface area contributed by atoms with Crippen molar-refractivity contribution in [2.24, 2.45) is 0 Å². The van der Waals surface area contributed by atoms with Crippen molar-refractivity contribution in [2.45, 2.75) is 50.7 Å². The number of pyridine rings is 1. The van der Waals surface area contributed by atoms with Gasteiger partial charge in [-0.15, -0.1) is 5.10 Å². The summed E-state index contributed by atoms with van der Waals surface area (Å²) in [5.74, 6) is 0.956. The average molecular weight is 468 g/mol. The first-order valence-electron chi connectivity index (χ1n) is 13.0. The van der Waals surface area contributed by atoms with E-state index in [9.17, 15) is 0 Å². The number of nitrogens with zero attached hydrogens (tertiary/aromatic N) is 7. The Labute approximate surface area is 206 Å². The lowest BCUT2D eigenvalue weighted by Crippen LogP contribution is -2.42. The van der Waals surface area contributed by atoms with Gasteiger partial charge in [0.15, 0.2) is 5.82 Å². The van der Waals surface area contributed by atoms with Crippen LogP contribution in [0.15, 0.2) is 66.9 Å². The number of hydrogen-bond donors (Lipinski definition) is 0. The molecular weight excluding hydrogens is 434 g/mol. The second-order valence-corrected chi connectivity index (χ2v) is 9.94. The van der Waals surface area contributed by atoms with Crippen molar-refractivity contribution in [3.8, 4) is 0 Å². The molecule has 1 unspecified atom stereocenters. The van der Waals surface area contributed by atoms with Crippen LogP contribution in [-0.2, 0) is 13.0 Å². The molecular formula is C28H33N7. The third-order valence-corrected chi connectivity index (χ3v) is 7.73. The maximum atomic E-state index is 4.59. The van der Waals surface area contributed by atoms with E-state index in [4.69, 9.17) is 0 Å². The summed E-state index contributed by atoms with van der Waals surface area (Å²) in [5, 5.41) is 14.3. The Kier molecular flexibility index (Phi) is 6.51. The second kappa shape index (κ2) is 10.2. The summed E-state index contributed by atoms with van der Waals surface area (Å²) in [6.07, 6.45) is 8.04. The number of tetrazole rings is 1. The van der Waals surface area contributed by atoms with Crippen LogP contribution in [0.5, 0.6) is 0 Å². The topological polar surface area (TPSA) is 63.0 Å². The highest BCUT2D eigenvalue weighted by atomic mass is 15.5. The molecule has 1 aliphatic heterocycles. The molecule has 3 heterocycles. The molecule has 0 N–H and O–H groups in total. The van der Waals surface area contributed by atoms with Crippen LogP contribution in [0.2, 0.25) is 0 Å². The van der Waals surface area contributed by atoms with E-state index in [0.717, 1.165) is 43.4 Å². The van der Waals surface area contributed by atoms with E-state index >= 15 is 0 Å². The van der Waals surface area contributed by atoms with Gasteiger partial charge >= 0.3 is 0 Å². The van der Waals surface area contributed by atoms with Gasteiger partial charge in [0.1, 0.15) is 0 Å². The average Bonchev–Trinajstić information content (AvgIpc) is 3.18.